The van der Waals surface area contributed by atoms with Crippen LogP contribution in [0.4, 0.5) is 14.9 Å². The zero-order valence-electron chi connectivity index (χ0n) is 20.4. The number of carbonyl (C=O) groups is 1. The summed E-state index contributed by atoms with van der Waals surface area (Å²) in [5.74, 6) is 0.283. The summed E-state index contributed by atoms with van der Waals surface area (Å²) in [5, 5.41) is 4.28. The van der Waals surface area contributed by atoms with Crippen molar-refractivity contribution in [3.63, 3.8) is 0 Å². The zero-order chi connectivity index (χ0) is 24.8. The number of halogens is 1. The third kappa shape index (κ3) is 3.88. The largest absolute Gasteiger partial charge is 0.495 e. The predicted octanol–water partition coefficient (Wildman–Crippen LogP) is 7.01. The number of ether oxygens (including phenoxy) is 1. The standard InChI is InChI=1S/C29H28FN3O2S/c1-18-12-13-25(35-2)23(15-18)31-29(34)33-17-22-21-9-3-4-11-26(21)36-28(22)32-14-6-10-24(32)27(33)19-7-5-8-20(30)16-19/h5-8,10,12-16,27H,3-4,9,11,17H2,1-2H3,(H,31,34). The fourth-order valence-corrected chi connectivity index (χ4v) is 6.92. The summed E-state index contributed by atoms with van der Waals surface area (Å²) in [6, 6.07) is 15.6. The lowest BCUT2D eigenvalue weighted by Crippen LogP contribution is -2.38. The normalized spacial score (nSPS) is 16.5. The van der Waals surface area contributed by atoms with Crippen LogP contribution in [0.15, 0.2) is 60.8 Å². The third-order valence-corrected chi connectivity index (χ3v) is 8.53. The number of aryl methyl sites for hydroxylation is 2. The molecule has 5 nitrogen and oxygen atoms in total. The SMILES string of the molecule is COc1ccc(C)cc1NC(=O)N1Cc2c(sc3c2CCCC3)-n2cccc2C1c1cccc(F)c1. The quantitative estimate of drug-likeness (QED) is 0.328. The lowest BCUT2D eigenvalue weighted by molar-refractivity contribution is 0.194. The number of thiophene rings is 1. The van der Waals surface area contributed by atoms with Gasteiger partial charge in [0.15, 0.2) is 0 Å². The highest BCUT2D eigenvalue weighted by atomic mass is 32.1. The van der Waals surface area contributed by atoms with Gasteiger partial charge in [-0.15, -0.1) is 11.3 Å². The maximum atomic E-state index is 14.4. The molecule has 184 valence electrons. The Morgan fingerprint density at radius 2 is 1.94 bits per heavy atom. The molecule has 0 radical (unpaired) electrons. The van der Waals surface area contributed by atoms with E-state index in [9.17, 15) is 9.18 Å². The van der Waals surface area contributed by atoms with Crippen LogP contribution in [0.2, 0.25) is 0 Å². The number of urea groups is 1. The van der Waals surface area contributed by atoms with Gasteiger partial charge in [-0.25, -0.2) is 9.18 Å². The molecular formula is C29H28FN3O2S. The second kappa shape index (κ2) is 9.13. The van der Waals surface area contributed by atoms with E-state index in [2.05, 4.69) is 16.1 Å². The summed E-state index contributed by atoms with van der Waals surface area (Å²) in [5.41, 5.74) is 5.91. The number of amides is 2. The smallest absolute Gasteiger partial charge is 0.323 e. The lowest BCUT2D eigenvalue weighted by Gasteiger charge is -2.31. The van der Waals surface area contributed by atoms with Crippen LogP contribution in [0.3, 0.4) is 0 Å². The van der Waals surface area contributed by atoms with Crippen LogP contribution in [-0.2, 0) is 19.4 Å². The number of benzene rings is 2. The Kier molecular flexibility index (Phi) is 5.80. The number of hydrogen-bond donors (Lipinski definition) is 1. The van der Waals surface area contributed by atoms with Crippen LogP contribution in [0, 0.1) is 12.7 Å². The highest BCUT2D eigenvalue weighted by molar-refractivity contribution is 7.15. The molecule has 1 atom stereocenters. The molecule has 36 heavy (non-hydrogen) atoms. The fourth-order valence-electron chi connectivity index (χ4n) is 5.52. The number of nitrogens with one attached hydrogen (secondary N) is 1. The van der Waals surface area contributed by atoms with E-state index in [1.54, 1.807) is 13.2 Å². The maximum absolute atomic E-state index is 14.4. The monoisotopic (exact) mass is 501 g/mol. The van der Waals surface area contributed by atoms with Gasteiger partial charge in [0.05, 0.1) is 31.1 Å². The minimum absolute atomic E-state index is 0.246. The molecule has 1 N–H and O–H groups in total. The molecule has 0 saturated carbocycles. The van der Waals surface area contributed by atoms with Crippen molar-refractivity contribution in [3.8, 4) is 10.8 Å². The number of hydrogen-bond acceptors (Lipinski definition) is 3. The molecule has 0 bridgehead atoms. The lowest BCUT2D eigenvalue weighted by atomic mass is 9.95. The first-order valence-corrected chi connectivity index (χ1v) is 13.1. The zero-order valence-corrected chi connectivity index (χ0v) is 21.2. The van der Waals surface area contributed by atoms with Crippen LogP contribution in [-0.4, -0.2) is 22.6 Å². The minimum atomic E-state index is -0.453. The summed E-state index contributed by atoms with van der Waals surface area (Å²) >= 11 is 1.84. The van der Waals surface area contributed by atoms with Crippen molar-refractivity contribution < 1.29 is 13.9 Å². The van der Waals surface area contributed by atoms with Gasteiger partial charge in [-0.1, -0.05) is 18.2 Å². The Morgan fingerprint density at radius 3 is 2.78 bits per heavy atom. The third-order valence-electron chi connectivity index (χ3n) is 7.20. The average Bonchev–Trinajstić information content (AvgIpc) is 3.46. The highest BCUT2D eigenvalue weighted by Crippen LogP contribution is 2.44. The summed E-state index contributed by atoms with van der Waals surface area (Å²) in [6.07, 6.45) is 6.55. The molecule has 1 aliphatic heterocycles. The van der Waals surface area contributed by atoms with E-state index in [1.807, 2.05) is 59.6 Å². The second-order valence-corrected chi connectivity index (χ2v) is 10.6. The van der Waals surface area contributed by atoms with Gasteiger partial charge >= 0.3 is 6.03 Å². The number of nitrogens with zero attached hydrogens (tertiary/aromatic N) is 2. The molecule has 1 unspecified atom stereocenters. The first-order chi connectivity index (χ1) is 17.5. The fraction of sp³-hybridized carbons (Fsp3) is 0.276. The average molecular weight is 502 g/mol. The molecular weight excluding hydrogens is 473 g/mol. The Hall–Kier alpha value is -3.58. The van der Waals surface area contributed by atoms with Crippen molar-refractivity contribution >= 4 is 23.1 Å². The van der Waals surface area contributed by atoms with Crippen LogP contribution < -0.4 is 10.1 Å². The number of fused-ring (bicyclic) bond motifs is 5. The summed E-state index contributed by atoms with van der Waals surface area (Å²) < 4.78 is 22.2. The van der Waals surface area contributed by atoms with Gasteiger partial charge in [0.1, 0.15) is 16.6 Å². The van der Waals surface area contributed by atoms with Gasteiger partial charge in [-0.05, 0) is 85.7 Å². The van der Waals surface area contributed by atoms with Crippen LogP contribution in [0.5, 0.6) is 5.75 Å². The molecule has 0 spiro atoms. The van der Waals surface area contributed by atoms with E-state index in [1.165, 1.54) is 39.6 Å². The highest BCUT2D eigenvalue weighted by Gasteiger charge is 2.36. The van der Waals surface area contributed by atoms with Gasteiger partial charge in [-0.3, -0.25) is 0 Å². The van der Waals surface area contributed by atoms with Gasteiger partial charge in [0.2, 0.25) is 0 Å². The van der Waals surface area contributed by atoms with Gasteiger partial charge in [0, 0.05) is 16.6 Å². The van der Waals surface area contributed by atoms with Crippen molar-refractivity contribution in [2.24, 2.45) is 0 Å². The number of methoxy groups -OCH3 is 1. The predicted molar refractivity (Wildman–Crippen MR) is 141 cm³/mol. The van der Waals surface area contributed by atoms with E-state index < -0.39 is 6.04 Å². The van der Waals surface area contributed by atoms with Crippen LogP contribution in [0.25, 0.3) is 5.00 Å². The van der Waals surface area contributed by atoms with E-state index >= 15 is 0 Å². The Balaban J connectivity index is 1.50. The topological polar surface area (TPSA) is 46.5 Å². The van der Waals surface area contributed by atoms with Crippen LogP contribution >= 0.6 is 11.3 Å². The maximum Gasteiger partial charge on any atom is 0.323 e. The van der Waals surface area contributed by atoms with Crippen molar-refractivity contribution in [2.75, 3.05) is 12.4 Å². The first kappa shape index (κ1) is 22.9. The second-order valence-electron chi connectivity index (χ2n) is 9.52. The minimum Gasteiger partial charge on any atom is -0.495 e. The molecule has 4 aromatic rings. The first-order valence-electron chi connectivity index (χ1n) is 12.3. The van der Waals surface area contributed by atoms with Crippen LogP contribution in [0.1, 0.15) is 51.7 Å². The molecule has 6 rings (SSSR count). The van der Waals surface area contributed by atoms with Gasteiger partial charge in [0.25, 0.3) is 0 Å². The van der Waals surface area contributed by atoms with Gasteiger partial charge in [-0.2, -0.15) is 0 Å². The Bertz CT molecular complexity index is 1460. The molecule has 2 aromatic carbocycles. The van der Waals surface area contributed by atoms with E-state index in [-0.39, 0.29) is 11.8 Å². The van der Waals surface area contributed by atoms with E-state index in [0.29, 0.717) is 18.0 Å². The number of aromatic nitrogens is 1. The number of rotatable bonds is 3. The summed E-state index contributed by atoms with van der Waals surface area (Å²) in [7, 11) is 1.60. The number of carbonyl (C=O) groups excluding carboxylic acids is 1. The molecule has 3 heterocycles. The summed E-state index contributed by atoms with van der Waals surface area (Å²) in [6.45, 7) is 2.43. The van der Waals surface area contributed by atoms with E-state index in [0.717, 1.165) is 36.1 Å². The number of anilines is 1. The molecule has 2 aromatic heterocycles. The van der Waals surface area contributed by atoms with Crippen molar-refractivity contribution in [1.82, 2.24) is 9.47 Å². The molecule has 7 heteroatoms. The Morgan fingerprint density at radius 1 is 1.08 bits per heavy atom. The molecule has 2 amide bonds. The summed E-state index contributed by atoms with van der Waals surface area (Å²) in [4.78, 5) is 17.3. The Labute approximate surface area is 214 Å². The van der Waals surface area contributed by atoms with Crippen molar-refractivity contribution in [1.29, 1.82) is 0 Å². The molecule has 1 aliphatic carbocycles. The molecule has 0 fully saturated rings. The van der Waals surface area contributed by atoms with Crippen molar-refractivity contribution in [3.05, 3.63) is 99.4 Å². The van der Waals surface area contributed by atoms with Crippen molar-refractivity contribution in [2.45, 2.75) is 45.2 Å². The molecule has 0 saturated heterocycles. The van der Waals surface area contributed by atoms with E-state index in [4.69, 9.17) is 4.74 Å². The van der Waals surface area contributed by atoms with Gasteiger partial charge < -0.3 is 19.5 Å². The molecule has 2 aliphatic rings.